The highest BCUT2D eigenvalue weighted by atomic mass is 16.3. The van der Waals surface area contributed by atoms with E-state index >= 15 is 0 Å². The average Bonchev–Trinajstić information content (AvgIpc) is 3.74. The van der Waals surface area contributed by atoms with E-state index in [1.54, 1.807) is 0 Å². The number of furan rings is 2. The first-order valence-electron chi connectivity index (χ1n) is 14.5. The third-order valence-electron chi connectivity index (χ3n) is 8.84. The first kappa shape index (κ1) is 22.8. The molecule has 6 aromatic carbocycles. The van der Waals surface area contributed by atoms with Gasteiger partial charge in [-0.1, -0.05) is 84.9 Å². The normalized spacial score (nSPS) is 12.2. The van der Waals surface area contributed by atoms with Crippen molar-refractivity contribution in [2.45, 2.75) is 0 Å². The molecular weight excluding hydrogens is 528 g/mol. The number of benzene rings is 6. The van der Waals surface area contributed by atoms with Gasteiger partial charge in [0.15, 0.2) is 11.2 Å². The smallest absolute Gasteiger partial charge is 0.159 e. The van der Waals surface area contributed by atoms with Crippen molar-refractivity contribution in [1.82, 2.24) is 9.55 Å². The Bertz CT molecular complexity index is 2740. The maximum Gasteiger partial charge on any atom is 0.159 e. The molecule has 10 aromatic rings. The number of nitrogens with zero attached hydrogens (tertiary/aromatic N) is 2. The van der Waals surface area contributed by atoms with E-state index in [-0.39, 0.29) is 0 Å². The summed E-state index contributed by atoms with van der Waals surface area (Å²) in [5.41, 5.74) is 8.77. The van der Waals surface area contributed by atoms with Crippen molar-refractivity contribution < 1.29 is 8.83 Å². The van der Waals surface area contributed by atoms with Gasteiger partial charge in [-0.25, -0.2) is 0 Å². The van der Waals surface area contributed by atoms with Crippen LogP contribution in [0.5, 0.6) is 0 Å². The van der Waals surface area contributed by atoms with Crippen LogP contribution < -0.4 is 0 Å². The first-order chi connectivity index (χ1) is 21.3. The van der Waals surface area contributed by atoms with Gasteiger partial charge in [0.25, 0.3) is 0 Å². The third-order valence-corrected chi connectivity index (χ3v) is 8.84. The summed E-state index contributed by atoms with van der Waals surface area (Å²) >= 11 is 0. The molecule has 4 nitrogen and oxygen atoms in total. The van der Waals surface area contributed by atoms with E-state index in [9.17, 15) is 0 Å². The molecule has 0 aliphatic rings. The molecule has 43 heavy (non-hydrogen) atoms. The Kier molecular flexibility index (Phi) is 4.42. The van der Waals surface area contributed by atoms with E-state index in [4.69, 9.17) is 13.8 Å². The minimum Gasteiger partial charge on any atom is -0.454 e. The van der Waals surface area contributed by atoms with Crippen LogP contribution >= 0.6 is 0 Å². The lowest BCUT2D eigenvalue weighted by Gasteiger charge is -2.09. The van der Waals surface area contributed by atoms with E-state index in [2.05, 4.69) is 120 Å². The zero-order valence-corrected chi connectivity index (χ0v) is 22.9. The highest BCUT2D eigenvalue weighted by molar-refractivity contribution is 6.16. The Balaban J connectivity index is 1.20. The van der Waals surface area contributed by atoms with E-state index < -0.39 is 0 Å². The standard InChI is InChI=1S/C39H22N2O2/c1-2-9-25-23(8-1)16-18-29-31-21-32(40-22-37(31)43-38(25)29)24-17-19-34-30(20-24)26-10-3-5-13-33(26)41(34)35-14-7-12-28-27-11-4-6-15-36(27)42-39(28)35/h1-22H. The van der Waals surface area contributed by atoms with Crippen molar-refractivity contribution in [2.75, 3.05) is 0 Å². The molecule has 0 aliphatic carbocycles. The minimum absolute atomic E-state index is 0.798. The molecule has 0 spiro atoms. The molecule has 200 valence electrons. The van der Waals surface area contributed by atoms with Crippen LogP contribution in [0.3, 0.4) is 0 Å². The van der Waals surface area contributed by atoms with Gasteiger partial charge < -0.3 is 13.4 Å². The fourth-order valence-corrected chi connectivity index (χ4v) is 6.87. The van der Waals surface area contributed by atoms with Gasteiger partial charge in [-0.15, -0.1) is 0 Å². The third kappa shape index (κ3) is 3.12. The zero-order valence-electron chi connectivity index (χ0n) is 22.9. The molecule has 4 aromatic heterocycles. The highest BCUT2D eigenvalue weighted by Gasteiger charge is 2.18. The highest BCUT2D eigenvalue weighted by Crippen LogP contribution is 2.40. The van der Waals surface area contributed by atoms with Crippen molar-refractivity contribution in [3.8, 4) is 16.9 Å². The summed E-state index contributed by atoms with van der Waals surface area (Å²) in [5, 5.41) is 9.07. The number of rotatable bonds is 2. The SMILES string of the molecule is c1ccc2c(c1)ccc1c3cc(-c4ccc5c(c4)c4ccccc4n5-c4cccc5c4oc4ccccc45)ncc3oc21. The summed E-state index contributed by atoms with van der Waals surface area (Å²) in [6.07, 6.45) is 1.86. The zero-order chi connectivity index (χ0) is 28.1. The molecule has 0 radical (unpaired) electrons. The molecule has 0 unspecified atom stereocenters. The van der Waals surface area contributed by atoms with Gasteiger partial charge in [0.1, 0.15) is 11.2 Å². The average molecular weight is 551 g/mol. The van der Waals surface area contributed by atoms with E-state index in [1.165, 1.54) is 16.2 Å². The van der Waals surface area contributed by atoms with Crippen LogP contribution in [-0.2, 0) is 0 Å². The Morgan fingerprint density at radius 2 is 1.21 bits per heavy atom. The molecule has 4 heteroatoms. The van der Waals surface area contributed by atoms with Crippen LogP contribution in [0.15, 0.2) is 142 Å². The fourth-order valence-electron chi connectivity index (χ4n) is 6.87. The van der Waals surface area contributed by atoms with E-state index in [1.807, 2.05) is 18.3 Å². The van der Waals surface area contributed by atoms with Crippen LogP contribution in [0.1, 0.15) is 0 Å². The topological polar surface area (TPSA) is 44.1 Å². The summed E-state index contributed by atoms with van der Waals surface area (Å²) in [6.45, 7) is 0. The maximum atomic E-state index is 6.45. The van der Waals surface area contributed by atoms with Gasteiger partial charge in [-0.05, 0) is 47.9 Å². The molecule has 10 rings (SSSR count). The summed E-state index contributed by atoms with van der Waals surface area (Å²) < 4.78 is 15.1. The Labute approximate surface area is 245 Å². The quantitative estimate of drug-likeness (QED) is 0.215. The summed E-state index contributed by atoms with van der Waals surface area (Å²) in [7, 11) is 0. The van der Waals surface area contributed by atoms with Crippen molar-refractivity contribution in [3.63, 3.8) is 0 Å². The van der Waals surface area contributed by atoms with Crippen LogP contribution in [0.4, 0.5) is 0 Å². The predicted octanol–water partition coefficient (Wildman–Crippen LogP) is 10.8. The molecule has 0 saturated carbocycles. The number of hydrogen-bond donors (Lipinski definition) is 0. The van der Waals surface area contributed by atoms with Crippen molar-refractivity contribution in [1.29, 1.82) is 0 Å². The number of para-hydroxylation sites is 3. The monoisotopic (exact) mass is 550 g/mol. The summed E-state index contributed by atoms with van der Waals surface area (Å²) in [4.78, 5) is 4.85. The van der Waals surface area contributed by atoms with Crippen molar-refractivity contribution in [3.05, 3.63) is 134 Å². The molecule has 0 aliphatic heterocycles. The van der Waals surface area contributed by atoms with Gasteiger partial charge in [-0.3, -0.25) is 4.98 Å². The van der Waals surface area contributed by atoms with Gasteiger partial charge in [0.2, 0.25) is 0 Å². The molecule has 0 amide bonds. The number of hydrogen-bond acceptors (Lipinski definition) is 3. The number of pyridine rings is 1. The summed E-state index contributed by atoms with van der Waals surface area (Å²) in [6, 6.07) is 44.7. The molecule has 0 N–H and O–H groups in total. The Morgan fingerprint density at radius 1 is 0.465 bits per heavy atom. The molecule has 0 bridgehead atoms. The van der Waals surface area contributed by atoms with Crippen LogP contribution in [-0.4, -0.2) is 9.55 Å². The molecular formula is C39H22N2O2. The lowest BCUT2D eigenvalue weighted by Crippen LogP contribution is -1.94. The second-order valence-electron chi connectivity index (χ2n) is 11.2. The Hall–Kier alpha value is -5.87. The first-order valence-corrected chi connectivity index (χ1v) is 14.5. The molecule has 0 fully saturated rings. The van der Waals surface area contributed by atoms with Crippen LogP contribution in [0.25, 0.3) is 93.4 Å². The van der Waals surface area contributed by atoms with Crippen molar-refractivity contribution >= 4 is 76.5 Å². The molecule has 4 heterocycles. The van der Waals surface area contributed by atoms with Gasteiger partial charge in [0.05, 0.1) is 28.6 Å². The fraction of sp³-hybridized carbons (Fsp3) is 0. The van der Waals surface area contributed by atoms with Gasteiger partial charge in [0, 0.05) is 43.3 Å². The van der Waals surface area contributed by atoms with Gasteiger partial charge in [-0.2, -0.15) is 0 Å². The largest absolute Gasteiger partial charge is 0.454 e. The van der Waals surface area contributed by atoms with Crippen LogP contribution in [0, 0.1) is 0 Å². The Morgan fingerprint density at radius 3 is 2.16 bits per heavy atom. The minimum atomic E-state index is 0.798. The predicted molar refractivity (Wildman–Crippen MR) is 176 cm³/mol. The number of fused-ring (bicyclic) bond motifs is 11. The van der Waals surface area contributed by atoms with Gasteiger partial charge >= 0.3 is 0 Å². The van der Waals surface area contributed by atoms with E-state index in [0.29, 0.717) is 0 Å². The maximum absolute atomic E-state index is 6.45. The lowest BCUT2D eigenvalue weighted by atomic mass is 10.0. The second-order valence-corrected chi connectivity index (χ2v) is 11.2. The lowest BCUT2D eigenvalue weighted by molar-refractivity contribution is 0.666. The number of aromatic nitrogens is 2. The van der Waals surface area contributed by atoms with Crippen LogP contribution in [0.2, 0.25) is 0 Å². The summed E-state index contributed by atoms with van der Waals surface area (Å²) in [5.74, 6) is 0. The second kappa shape index (κ2) is 8.34. The molecule has 0 saturated heterocycles. The van der Waals surface area contributed by atoms with Crippen molar-refractivity contribution in [2.24, 2.45) is 0 Å². The van der Waals surface area contributed by atoms with E-state index in [0.717, 1.165) is 77.2 Å². The molecule has 0 atom stereocenters.